The molecule has 0 saturated heterocycles. The van der Waals surface area contributed by atoms with E-state index in [1.165, 1.54) is 5.56 Å². The molecule has 100 valence electrons. The highest BCUT2D eigenvalue weighted by atomic mass is 16.5. The fourth-order valence-corrected chi connectivity index (χ4v) is 1.92. The van der Waals surface area contributed by atoms with Gasteiger partial charge in [0.05, 0.1) is 11.9 Å². The van der Waals surface area contributed by atoms with Gasteiger partial charge in [-0.25, -0.2) is 0 Å². The number of rotatable bonds is 4. The first-order valence-corrected chi connectivity index (χ1v) is 6.56. The van der Waals surface area contributed by atoms with Crippen molar-refractivity contribution in [1.82, 2.24) is 4.98 Å². The van der Waals surface area contributed by atoms with Crippen molar-refractivity contribution in [2.75, 3.05) is 0 Å². The summed E-state index contributed by atoms with van der Waals surface area (Å²) in [6, 6.07) is 9.96. The summed E-state index contributed by atoms with van der Waals surface area (Å²) < 4.78 is 5.83. The average molecular weight is 256 g/mol. The second-order valence-electron chi connectivity index (χ2n) is 4.80. The Bertz CT molecular complexity index is 549. The van der Waals surface area contributed by atoms with E-state index < -0.39 is 0 Å². The minimum Gasteiger partial charge on any atom is -0.455 e. The standard InChI is InChI=1S/C16H20N2O/c1-4-14(17)15-7-6-13(10-18-15)19-16-8-5-11(2)9-12(16)3/h5-10,14H,4,17H2,1-3H3/t14-/m1/s1. The summed E-state index contributed by atoms with van der Waals surface area (Å²) in [5.74, 6) is 1.60. The third-order valence-electron chi connectivity index (χ3n) is 3.14. The van der Waals surface area contributed by atoms with Crippen LogP contribution in [0.2, 0.25) is 0 Å². The second kappa shape index (κ2) is 5.85. The molecule has 0 unspecified atom stereocenters. The third kappa shape index (κ3) is 3.32. The number of benzene rings is 1. The van der Waals surface area contributed by atoms with Crippen LogP contribution >= 0.6 is 0 Å². The molecule has 1 aromatic carbocycles. The van der Waals surface area contributed by atoms with Crippen LogP contribution in [0.5, 0.6) is 11.5 Å². The maximum Gasteiger partial charge on any atom is 0.145 e. The lowest BCUT2D eigenvalue weighted by Crippen LogP contribution is -2.10. The summed E-state index contributed by atoms with van der Waals surface area (Å²) in [4.78, 5) is 4.34. The van der Waals surface area contributed by atoms with Crippen molar-refractivity contribution in [3.63, 3.8) is 0 Å². The smallest absolute Gasteiger partial charge is 0.145 e. The first-order chi connectivity index (χ1) is 9.10. The third-order valence-corrected chi connectivity index (χ3v) is 3.14. The zero-order valence-corrected chi connectivity index (χ0v) is 11.7. The molecule has 0 amide bonds. The number of nitrogens with zero attached hydrogens (tertiary/aromatic N) is 1. The van der Waals surface area contributed by atoms with Crippen LogP contribution in [0.3, 0.4) is 0 Å². The van der Waals surface area contributed by atoms with Crippen molar-refractivity contribution in [3.8, 4) is 11.5 Å². The molecule has 3 heteroatoms. The van der Waals surface area contributed by atoms with Gasteiger partial charge in [0.25, 0.3) is 0 Å². The molecular formula is C16H20N2O. The Hall–Kier alpha value is -1.87. The molecule has 1 heterocycles. The molecule has 0 aliphatic carbocycles. The second-order valence-corrected chi connectivity index (χ2v) is 4.80. The van der Waals surface area contributed by atoms with Gasteiger partial charge in [-0.3, -0.25) is 4.98 Å². The lowest BCUT2D eigenvalue weighted by Gasteiger charge is -2.11. The fraction of sp³-hybridized carbons (Fsp3) is 0.312. The van der Waals surface area contributed by atoms with E-state index in [9.17, 15) is 0 Å². The lowest BCUT2D eigenvalue weighted by molar-refractivity contribution is 0.475. The van der Waals surface area contributed by atoms with E-state index in [0.717, 1.165) is 29.2 Å². The number of nitrogens with two attached hydrogens (primary N) is 1. The first kappa shape index (κ1) is 13.6. The number of ether oxygens (including phenoxy) is 1. The normalized spacial score (nSPS) is 12.2. The Morgan fingerprint density at radius 2 is 2.00 bits per heavy atom. The highest BCUT2D eigenvalue weighted by molar-refractivity contribution is 5.39. The molecule has 0 radical (unpaired) electrons. The van der Waals surface area contributed by atoms with E-state index in [0.29, 0.717) is 0 Å². The summed E-state index contributed by atoms with van der Waals surface area (Å²) in [6.07, 6.45) is 2.61. The van der Waals surface area contributed by atoms with Crippen molar-refractivity contribution >= 4 is 0 Å². The van der Waals surface area contributed by atoms with E-state index in [1.807, 2.05) is 38.1 Å². The van der Waals surface area contributed by atoms with E-state index in [2.05, 4.69) is 18.0 Å². The van der Waals surface area contributed by atoms with Gasteiger partial charge in [0.2, 0.25) is 0 Å². The number of hydrogen-bond acceptors (Lipinski definition) is 3. The highest BCUT2D eigenvalue weighted by Gasteiger charge is 2.06. The van der Waals surface area contributed by atoms with Crippen LogP contribution in [0.1, 0.15) is 36.2 Å². The van der Waals surface area contributed by atoms with Gasteiger partial charge in [0.15, 0.2) is 0 Å². The van der Waals surface area contributed by atoms with Crippen LogP contribution < -0.4 is 10.5 Å². The summed E-state index contributed by atoms with van der Waals surface area (Å²) in [5.41, 5.74) is 9.18. The Morgan fingerprint density at radius 3 is 2.58 bits per heavy atom. The van der Waals surface area contributed by atoms with Crippen LogP contribution in [-0.2, 0) is 0 Å². The molecule has 2 N–H and O–H groups in total. The molecule has 0 bridgehead atoms. The van der Waals surface area contributed by atoms with Gasteiger partial charge in [0, 0.05) is 6.04 Å². The molecule has 0 aliphatic heterocycles. The van der Waals surface area contributed by atoms with Gasteiger partial charge in [-0.2, -0.15) is 0 Å². The van der Waals surface area contributed by atoms with Gasteiger partial charge in [-0.15, -0.1) is 0 Å². The maximum atomic E-state index is 5.93. The van der Waals surface area contributed by atoms with E-state index >= 15 is 0 Å². The molecule has 0 fully saturated rings. The predicted octanol–water partition coefficient (Wildman–Crippen LogP) is 3.90. The molecule has 19 heavy (non-hydrogen) atoms. The quantitative estimate of drug-likeness (QED) is 0.902. The molecular weight excluding hydrogens is 236 g/mol. The van der Waals surface area contributed by atoms with Crippen molar-refractivity contribution in [2.24, 2.45) is 5.73 Å². The van der Waals surface area contributed by atoms with E-state index in [1.54, 1.807) is 6.20 Å². The van der Waals surface area contributed by atoms with Crippen molar-refractivity contribution < 1.29 is 4.74 Å². The number of aromatic nitrogens is 1. The topological polar surface area (TPSA) is 48.1 Å². The largest absolute Gasteiger partial charge is 0.455 e. The van der Waals surface area contributed by atoms with Gasteiger partial charge >= 0.3 is 0 Å². The summed E-state index contributed by atoms with van der Waals surface area (Å²) in [5, 5.41) is 0. The van der Waals surface area contributed by atoms with E-state index in [4.69, 9.17) is 10.5 Å². The molecule has 2 aromatic rings. The summed E-state index contributed by atoms with van der Waals surface area (Å²) in [6.45, 7) is 6.16. The summed E-state index contributed by atoms with van der Waals surface area (Å²) in [7, 11) is 0. The molecule has 0 aliphatic rings. The minimum atomic E-state index is -0.00448. The molecule has 0 saturated carbocycles. The molecule has 0 spiro atoms. The summed E-state index contributed by atoms with van der Waals surface area (Å²) >= 11 is 0. The number of hydrogen-bond donors (Lipinski definition) is 1. The highest BCUT2D eigenvalue weighted by Crippen LogP contribution is 2.25. The number of pyridine rings is 1. The fourth-order valence-electron chi connectivity index (χ4n) is 1.92. The Morgan fingerprint density at radius 1 is 1.21 bits per heavy atom. The zero-order chi connectivity index (χ0) is 13.8. The van der Waals surface area contributed by atoms with Crippen LogP contribution in [0.4, 0.5) is 0 Å². The SMILES string of the molecule is CC[C@@H](N)c1ccc(Oc2ccc(C)cc2C)cn1. The Labute approximate surface area is 114 Å². The van der Waals surface area contributed by atoms with Crippen molar-refractivity contribution in [1.29, 1.82) is 0 Å². The van der Waals surface area contributed by atoms with E-state index in [-0.39, 0.29) is 6.04 Å². The van der Waals surface area contributed by atoms with Gasteiger partial charge in [-0.05, 0) is 44.0 Å². The first-order valence-electron chi connectivity index (χ1n) is 6.56. The lowest BCUT2D eigenvalue weighted by atomic mass is 10.1. The average Bonchev–Trinajstić information content (AvgIpc) is 2.42. The Kier molecular flexibility index (Phi) is 4.17. The van der Waals surface area contributed by atoms with Crippen molar-refractivity contribution in [2.45, 2.75) is 33.2 Å². The van der Waals surface area contributed by atoms with Gasteiger partial charge < -0.3 is 10.5 Å². The van der Waals surface area contributed by atoms with Crippen LogP contribution in [-0.4, -0.2) is 4.98 Å². The monoisotopic (exact) mass is 256 g/mol. The molecule has 3 nitrogen and oxygen atoms in total. The van der Waals surface area contributed by atoms with Crippen molar-refractivity contribution in [3.05, 3.63) is 53.3 Å². The minimum absolute atomic E-state index is 0.00448. The molecule has 1 atom stereocenters. The zero-order valence-electron chi connectivity index (χ0n) is 11.7. The Balaban J connectivity index is 2.15. The maximum absolute atomic E-state index is 5.93. The van der Waals surface area contributed by atoms with Crippen LogP contribution in [0.25, 0.3) is 0 Å². The molecule has 1 aromatic heterocycles. The predicted molar refractivity (Wildman–Crippen MR) is 77.4 cm³/mol. The van der Waals surface area contributed by atoms with Crippen LogP contribution in [0, 0.1) is 13.8 Å². The van der Waals surface area contributed by atoms with Gasteiger partial charge in [-0.1, -0.05) is 24.6 Å². The van der Waals surface area contributed by atoms with Crippen LogP contribution in [0.15, 0.2) is 36.5 Å². The van der Waals surface area contributed by atoms with Gasteiger partial charge in [0.1, 0.15) is 11.5 Å². The number of aryl methyl sites for hydroxylation is 2. The molecule has 2 rings (SSSR count).